The molecule has 0 atom stereocenters. The van der Waals surface area contributed by atoms with Gasteiger partial charge in [0, 0.05) is 32.0 Å². The molecule has 0 radical (unpaired) electrons. The van der Waals surface area contributed by atoms with Crippen LogP contribution in [0.3, 0.4) is 0 Å². The zero-order valence-electron chi connectivity index (χ0n) is 17.6. The molecule has 0 N–H and O–H groups in total. The minimum atomic E-state index is -0.149. The van der Waals surface area contributed by atoms with Crippen LogP contribution in [0.25, 0.3) is 5.65 Å². The molecule has 2 aliphatic rings. The maximum Gasteiger partial charge on any atom is 0.231 e. The van der Waals surface area contributed by atoms with E-state index in [0.717, 1.165) is 37.2 Å². The Morgan fingerprint density at radius 3 is 2.60 bits per heavy atom. The van der Waals surface area contributed by atoms with E-state index in [4.69, 9.17) is 4.74 Å². The quantitative estimate of drug-likeness (QED) is 0.681. The number of amides is 3. The summed E-state index contributed by atoms with van der Waals surface area (Å²) in [7, 11) is 1.81. The summed E-state index contributed by atoms with van der Waals surface area (Å²) in [6.07, 6.45) is 7.74. The average molecular weight is 412 g/mol. The number of anilines is 1. The van der Waals surface area contributed by atoms with Crippen LogP contribution in [-0.2, 0) is 14.4 Å². The van der Waals surface area contributed by atoms with Crippen molar-refractivity contribution >= 4 is 29.2 Å². The predicted octanol–water partition coefficient (Wildman–Crippen LogP) is 2.71. The minimum Gasteiger partial charge on any atom is -0.488 e. The first-order valence-electron chi connectivity index (χ1n) is 10.7. The average Bonchev–Trinajstić information content (AvgIpc) is 3.26. The Bertz CT molecular complexity index is 961. The van der Waals surface area contributed by atoms with Crippen LogP contribution in [0.4, 0.5) is 5.82 Å². The normalized spacial score (nSPS) is 17.7. The van der Waals surface area contributed by atoms with Crippen LogP contribution in [0.15, 0.2) is 18.3 Å². The lowest BCUT2D eigenvalue weighted by atomic mass is 9.88. The van der Waals surface area contributed by atoms with Crippen LogP contribution in [0.1, 0.15) is 50.6 Å². The Morgan fingerprint density at radius 2 is 1.90 bits per heavy atom. The third kappa shape index (κ3) is 3.78. The second-order valence-corrected chi connectivity index (χ2v) is 8.11. The number of hydrogen-bond donors (Lipinski definition) is 0. The fourth-order valence-electron chi connectivity index (χ4n) is 4.51. The molecule has 8 heteroatoms. The first-order chi connectivity index (χ1) is 14.5. The van der Waals surface area contributed by atoms with E-state index in [9.17, 15) is 14.4 Å². The van der Waals surface area contributed by atoms with Crippen LogP contribution in [0, 0.1) is 12.8 Å². The van der Waals surface area contributed by atoms with E-state index in [0.29, 0.717) is 11.4 Å². The summed E-state index contributed by atoms with van der Waals surface area (Å²) in [5.74, 6) is 1.22. The molecule has 2 aromatic rings. The van der Waals surface area contributed by atoms with Gasteiger partial charge in [0.1, 0.15) is 12.4 Å². The van der Waals surface area contributed by atoms with Crippen molar-refractivity contribution in [3.63, 3.8) is 0 Å². The largest absolute Gasteiger partial charge is 0.488 e. The molecule has 4 rings (SSSR count). The van der Waals surface area contributed by atoms with Gasteiger partial charge in [-0.15, -0.1) is 0 Å². The van der Waals surface area contributed by atoms with Gasteiger partial charge in [0.25, 0.3) is 0 Å². The van der Waals surface area contributed by atoms with E-state index >= 15 is 0 Å². The maximum absolute atomic E-state index is 13.0. The summed E-state index contributed by atoms with van der Waals surface area (Å²) in [6.45, 7) is 2.32. The Kier molecular flexibility index (Phi) is 5.74. The lowest BCUT2D eigenvalue weighted by Crippen LogP contribution is -2.35. The molecule has 0 aromatic carbocycles. The van der Waals surface area contributed by atoms with Gasteiger partial charge in [-0.2, -0.15) is 0 Å². The van der Waals surface area contributed by atoms with Gasteiger partial charge in [0.15, 0.2) is 11.4 Å². The lowest BCUT2D eigenvalue weighted by Gasteiger charge is -2.26. The number of hydrogen-bond acceptors (Lipinski definition) is 5. The number of ether oxygens (including phenoxy) is 1. The summed E-state index contributed by atoms with van der Waals surface area (Å²) in [6, 6.07) is 3.65. The molecule has 8 nitrogen and oxygen atoms in total. The molecule has 0 bridgehead atoms. The summed E-state index contributed by atoms with van der Waals surface area (Å²) in [4.78, 5) is 44.2. The number of fused-ring (bicyclic) bond motifs is 1. The highest BCUT2D eigenvalue weighted by atomic mass is 16.5. The monoisotopic (exact) mass is 412 g/mol. The smallest absolute Gasteiger partial charge is 0.231 e. The standard InChI is InChI=1S/C22H28N4O4/c1-15-21(24(2)22(29)16-7-4-3-5-8-16)26-12-6-9-17(20(26)23-15)30-14-13-25-18(27)10-11-19(25)28/h6,9,12,16H,3-5,7-8,10-11,13-14H2,1-2H3. The third-order valence-electron chi connectivity index (χ3n) is 6.09. The van der Waals surface area contributed by atoms with Crippen LogP contribution < -0.4 is 9.64 Å². The fourth-order valence-corrected chi connectivity index (χ4v) is 4.51. The Labute approximate surface area is 175 Å². The number of carbonyl (C=O) groups is 3. The Morgan fingerprint density at radius 1 is 1.20 bits per heavy atom. The molecule has 1 aliphatic heterocycles. The van der Waals surface area contributed by atoms with E-state index in [2.05, 4.69) is 4.98 Å². The fraction of sp³-hybridized carbons (Fsp3) is 0.545. The zero-order chi connectivity index (χ0) is 21.3. The van der Waals surface area contributed by atoms with Crippen molar-refractivity contribution < 1.29 is 19.1 Å². The van der Waals surface area contributed by atoms with E-state index in [1.54, 1.807) is 4.90 Å². The number of nitrogens with zero attached hydrogens (tertiary/aromatic N) is 4. The number of likely N-dealkylation sites (tertiary alicyclic amines) is 1. The third-order valence-corrected chi connectivity index (χ3v) is 6.09. The molecule has 1 saturated heterocycles. The number of carbonyl (C=O) groups excluding carboxylic acids is 3. The first-order valence-corrected chi connectivity index (χ1v) is 10.7. The van der Waals surface area contributed by atoms with Gasteiger partial charge < -0.3 is 4.74 Å². The number of imidazole rings is 1. The number of imide groups is 1. The van der Waals surface area contributed by atoms with Gasteiger partial charge in [0.2, 0.25) is 17.7 Å². The molecule has 2 aromatic heterocycles. The minimum absolute atomic E-state index is 0.0728. The second kappa shape index (κ2) is 8.45. The van der Waals surface area contributed by atoms with Crippen LogP contribution in [-0.4, -0.2) is 52.2 Å². The number of aryl methyl sites for hydroxylation is 1. The molecule has 30 heavy (non-hydrogen) atoms. The lowest BCUT2D eigenvalue weighted by molar-refractivity contribution is -0.138. The molecule has 3 amide bonds. The molecule has 1 saturated carbocycles. The predicted molar refractivity (Wildman–Crippen MR) is 111 cm³/mol. The van der Waals surface area contributed by atoms with E-state index in [1.807, 2.05) is 36.7 Å². The second-order valence-electron chi connectivity index (χ2n) is 8.11. The van der Waals surface area contributed by atoms with Crippen LogP contribution in [0.5, 0.6) is 5.75 Å². The highest BCUT2D eigenvalue weighted by molar-refractivity contribution is 6.01. The Hall–Kier alpha value is -2.90. The molecule has 0 spiro atoms. The number of pyridine rings is 1. The molecule has 0 unspecified atom stereocenters. The number of rotatable bonds is 6. The molecular weight excluding hydrogens is 384 g/mol. The van der Waals surface area contributed by atoms with Crippen molar-refractivity contribution in [2.24, 2.45) is 5.92 Å². The van der Waals surface area contributed by atoms with E-state index < -0.39 is 0 Å². The van der Waals surface area contributed by atoms with Crippen molar-refractivity contribution in [2.45, 2.75) is 51.9 Å². The van der Waals surface area contributed by atoms with Gasteiger partial charge in [0.05, 0.1) is 12.2 Å². The molecule has 1 aliphatic carbocycles. The maximum atomic E-state index is 13.0. The van der Waals surface area contributed by atoms with Crippen molar-refractivity contribution in [1.29, 1.82) is 0 Å². The van der Waals surface area contributed by atoms with E-state index in [-0.39, 0.29) is 49.6 Å². The highest BCUT2D eigenvalue weighted by Crippen LogP contribution is 2.31. The van der Waals surface area contributed by atoms with Crippen molar-refractivity contribution in [2.75, 3.05) is 25.1 Å². The molecule has 3 heterocycles. The van der Waals surface area contributed by atoms with Gasteiger partial charge in [-0.1, -0.05) is 19.3 Å². The van der Waals surface area contributed by atoms with Crippen molar-refractivity contribution in [3.8, 4) is 5.75 Å². The topological polar surface area (TPSA) is 84.2 Å². The molecule has 2 fully saturated rings. The van der Waals surface area contributed by atoms with Gasteiger partial charge in [-0.05, 0) is 31.9 Å². The van der Waals surface area contributed by atoms with Gasteiger partial charge >= 0.3 is 0 Å². The van der Waals surface area contributed by atoms with Crippen LogP contribution >= 0.6 is 0 Å². The molecule has 160 valence electrons. The van der Waals surface area contributed by atoms with Gasteiger partial charge in [-0.25, -0.2) is 4.98 Å². The molecular formula is C22H28N4O4. The van der Waals surface area contributed by atoms with Gasteiger partial charge in [-0.3, -0.25) is 28.6 Å². The SMILES string of the molecule is Cc1nc2c(OCCN3C(=O)CCC3=O)cccn2c1N(C)C(=O)C1CCCCC1. The van der Waals surface area contributed by atoms with Crippen molar-refractivity contribution in [3.05, 3.63) is 24.0 Å². The summed E-state index contributed by atoms with van der Waals surface area (Å²) in [5, 5.41) is 0. The summed E-state index contributed by atoms with van der Waals surface area (Å²) >= 11 is 0. The Balaban J connectivity index is 1.52. The zero-order valence-corrected chi connectivity index (χ0v) is 17.6. The number of aromatic nitrogens is 2. The van der Waals surface area contributed by atoms with Crippen LogP contribution in [0.2, 0.25) is 0 Å². The highest BCUT2D eigenvalue weighted by Gasteiger charge is 2.29. The summed E-state index contributed by atoms with van der Waals surface area (Å²) < 4.78 is 7.74. The van der Waals surface area contributed by atoms with Crippen molar-refractivity contribution in [1.82, 2.24) is 14.3 Å². The van der Waals surface area contributed by atoms with E-state index in [1.165, 1.54) is 11.3 Å². The summed E-state index contributed by atoms with van der Waals surface area (Å²) in [5.41, 5.74) is 1.37. The first kappa shape index (κ1) is 20.4.